The highest BCUT2D eigenvalue weighted by atomic mass is 16.5. The number of ether oxygens (including phenoxy) is 4. The molecule has 1 aliphatic heterocycles. The second-order valence-electron chi connectivity index (χ2n) is 11.6. The highest BCUT2D eigenvalue weighted by Crippen LogP contribution is 2.42. The molecule has 0 aliphatic carbocycles. The van der Waals surface area contributed by atoms with E-state index in [2.05, 4.69) is 10.1 Å². The average molecular weight is 647 g/mol. The van der Waals surface area contributed by atoms with Crippen molar-refractivity contribution in [2.45, 2.75) is 62.7 Å². The minimum atomic E-state index is -1.02. The van der Waals surface area contributed by atoms with Gasteiger partial charge in [-0.1, -0.05) is 61.0 Å². The zero-order valence-electron chi connectivity index (χ0n) is 27.5. The van der Waals surface area contributed by atoms with E-state index >= 15 is 0 Å². The Bertz CT molecular complexity index is 1380. The molecule has 10 heteroatoms. The number of carbonyl (C=O) groups is 3. The number of benzene rings is 3. The minimum Gasteiger partial charge on any atom is -0.497 e. The Kier molecular flexibility index (Phi) is 13.2. The highest BCUT2D eigenvalue weighted by molar-refractivity contribution is 5.81. The summed E-state index contributed by atoms with van der Waals surface area (Å²) in [5.41, 5.74) is 1.68. The second-order valence-corrected chi connectivity index (χ2v) is 11.6. The van der Waals surface area contributed by atoms with Gasteiger partial charge in [-0.15, -0.1) is 0 Å². The van der Waals surface area contributed by atoms with Crippen LogP contribution in [0.3, 0.4) is 0 Å². The second kappa shape index (κ2) is 17.5. The van der Waals surface area contributed by atoms with Crippen LogP contribution in [0.2, 0.25) is 0 Å². The molecule has 252 valence electrons. The maximum atomic E-state index is 13.4. The number of nitrogens with one attached hydrogen (secondary N) is 1. The van der Waals surface area contributed by atoms with Crippen molar-refractivity contribution in [2.75, 3.05) is 41.0 Å². The molecule has 0 aromatic heterocycles. The summed E-state index contributed by atoms with van der Waals surface area (Å²) in [6.45, 7) is 0.936. The Morgan fingerprint density at radius 2 is 1.38 bits per heavy atom. The zero-order chi connectivity index (χ0) is 33.6. The van der Waals surface area contributed by atoms with E-state index in [1.54, 1.807) is 19.1 Å². The maximum Gasteiger partial charge on any atom is 0.306 e. The number of carbonyl (C=O) groups excluding carboxylic acids is 3. The van der Waals surface area contributed by atoms with Gasteiger partial charge in [-0.3, -0.25) is 14.4 Å². The van der Waals surface area contributed by atoms with Crippen molar-refractivity contribution in [3.05, 3.63) is 95.6 Å². The van der Waals surface area contributed by atoms with Crippen LogP contribution in [0, 0.1) is 0 Å². The summed E-state index contributed by atoms with van der Waals surface area (Å²) >= 11 is 0. The van der Waals surface area contributed by atoms with E-state index < -0.39 is 17.7 Å². The van der Waals surface area contributed by atoms with E-state index in [9.17, 15) is 19.5 Å². The Hall–Kier alpha value is -4.41. The molecule has 3 aromatic carbocycles. The molecule has 1 heterocycles. The van der Waals surface area contributed by atoms with E-state index in [4.69, 9.17) is 14.2 Å². The summed E-state index contributed by atoms with van der Waals surface area (Å²) in [4.78, 5) is 38.2. The first-order chi connectivity index (χ1) is 22.8. The van der Waals surface area contributed by atoms with Crippen LogP contribution >= 0.6 is 0 Å². The number of aliphatic hydroxyl groups excluding tert-OH is 1. The molecular formula is C37H46N2O8. The van der Waals surface area contributed by atoms with Crippen LogP contribution in [-0.2, 0) is 29.5 Å². The fourth-order valence-corrected chi connectivity index (χ4v) is 6.01. The highest BCUT2D eigenvalue weighted by Gasteiger charge is 2.41. The fourth-order valence-electron chi connectivity index (χ4n) is 6.01. The number of β-amino-alcohol motifs (C(OH)–C–C–N with tert-alkyl or cyclic N) is 1. The molecule has 0 bridgehead atoms. The van der Waals surface area contributed by atoms with Gasteiger partial charge >= 0.3 is 5.97 Å². The van der Waals surface area contributed by atoms with Crippen molar-refractivity contribution in [3.8, 4) is 11.5 Å². The lowest BCUT2D eigenvalue weighted by Crippen LogP contribution is -2.42. The number of aliphatic hydroxyl groups is 1. The molecule has 0 unspecified atom stereocenters. The van der Waals surface area contributed by atoms with E-state index in [1.807, 2.05) is 78.9 Å². The maximum absolute atomic E-state index is 13.4. The van der Waals surface area contributed by atoms with Gasteiger partial charge in [-0.05, 0) is 60.2 Å². The monoisotopic (exact) mass is 646 g/mol. The molecule has 10 nitrogen and oxygen atoms in total. The summed E-state index contributed by atoms with van der Waals surface area (Å²) in [7, 11) is 4.55. The first-order valence-corrected chi connectivity index (χ1v) is 16.1. The summed E-state index contributed by atoms with van der Waals surface area (Å²) in [5.74, 6) is 0.804. The van der Waals surface area contributed by atoms with E-state index in [0.717, 1.165) is 41.0 Å². The first kappa shape index (κ1) is 35.4. The number of nitrogens with zero attached hydrogens (tertiary/aromatic N) is 1. The molecule has 2 amide bonds. The van der Waals surface area contributed by atoms with Crippen molar-refractivity contribution in [1.82, 2.24) is 10.2 Å². The molecule has 0 radical (unpaired) electrons. The number of likely N-dealkylation sites (tertiary alicyclic amines) is 1. The molecule has 3 aromatic rings. The normalized spacial score (nSPS) is 16.0. The summed E-state index contributed by atoms with van der Waals surface area (Å²) in [6, 6.07) is 25.2. The molecule has 47 heavy (non-hydrogen) atoms. The Morgan fingerprint density at radius 1 is 0.787 bits per heavy atom. The molecule has 2 atom stereocenters. The van der Waals surface area contributed by atoms with Crippen molar-refractivity contribution in [1.29, 1.82) is 0 Å². The van der Waals surface area contributed by atoms with Gasteiger partial charge in [0.25, 0.3) is 0 Å². The van der Waals surface area contributed by atoms with Gasteiger partial charge in [0.15, 0.2) is 0 Å². The van der Waals surface area contributed by atoms with Gasteiger partial charge in [-0.25, -0.2) is 0 Å². The fraction of sp³-hybridized carbons (Fsp3) is 0.432. The molecule has 1 saturated heterocycles. The lowest BCUT2D eigenvalue weighted by molar-refractivity contribution is -0.142. The lowest BCUT2D eigenvalue weighted by atomic mass is 9.80. The predicted molar refractivity (Wildman–Crippen MR) is 177 cm³/mol. The van der Waals surface area contributed by atoms with Crippen LogP contribution in [0.1, 0.15) is 61.6 Å². The smallest absolute Gasteiger partial charge is 0.306 e. The largest absolute Gasteiger partial charge is 0.497 e. The molecule has 0 spiro atoms. The summed E-state index contributed by atoms with van der Waals surface area (Å²) < 4.78 is 22.5. The van der Waals surface area contributed by atoms with Crippen LogP contribution in [0.4, 0.5) is 0 Å². The SMILES string of the molecule is COC(=O)CCC(=O)NCCCCCC(=O)N1C[C@H](O)C[C@H]1COC(c1ccccc1)(c1ccc(OC)cc1)c1ccc(OC)cc1. The zero-order valence-corrected chi connectivity index (χ0v) is 27.5. The molecule has 2 N–H and O–H groups in total. The summed E-state index contributed by atoms with van der Waals surface area (Å²) in [5, 5.41) is 13.5. The Balaban J connectivity index is 1.46. The number of esters is 1. The number of hydrogen-bond acceptors (Lipinski definition) is 8. The van der Waals surface area contributed by atoms with Crippen molar-refractivity contribution in [2.24, 2.45) is 0 Å². The van der Waals surface area contributed by atoms with E-state index in [1.165, 1.54) is 7.11 Å². The van der Waals surface area contributed by atoms with Gasteiger partial charge < -0.3 is 34.3 Å². The van der Waals surface area contributed by atoms with Gasteiger partial charge in [0.2, 0.25) is 11.8 Å². The van der Waals surface area contributed by atoms with Crippen LogP contribution in [-0.4, -0.2) is 81.0 Å². The number of amides is 2. The van der Waals surface area contributed by atoms with Gasteiger partial charge in [0.1, 0.15) is 17.1 Å². The number of hydrogen-bond donors (Lipinski definition) is 2. The topological polar surface area (TPSA) is 124 Å². The summed E-state index contributed by atoms with van der Waals surface area (Å²) in [6.07, 6.45) is 2.38. The number of methoxy groups -OCH3 is 3. The van der Waals surface area contributed by atoms with Gasteiger partial charge in [0, 0.05) is 25.9 Å². The van der Waals surface area contributed by atoms with Gasteiger partial charge in [0.05, 0.1) is 46.5 Å². The van der Waals surface area contributed by atoms with Crippen LogP contribution in [0.5, 0.6) is 11.5 Å². The standard InChI is InChI=1S/C37H46N2O8/c1-44-32-17-13-28(14-18-32)37(27-10-6-4-7-11-27,29-15-19-33(45-2)20-16-29)47-26-30-24-31(40)25-39(30)35(42)12-8-5-9-23-38-34(41)21-22-36(43)46-3/h4,6-7,10-11,13-20,30-31,40H,5,8-9,12,21-26H2,1-3H3,(H,38,41)/t30-,31+/m0/s1. The van der Waals surface area contributed by atoms with Crippen LogP contribution in [0.15, 0.2) is 78.9 Å². The van der Waals surface area contributed by atoms with Crippen molar-refractivity contribution >= 4 is 17.8 Å². The molecule has 0 saturated carbocycles. The van der Waals surface area contributed by atoms with Crippen LogP contribution in [0.25, 0.3) is 0 Å². The Labute approximate surface area is 277 Å². The molecule has 4 rings (SSSR count). The van der Waals surface area contributed by atoms with Crippen molar-refractivity contribution < 1.29 is 38.4 Å². The van der Waals surface area contributed by atoms with E-state index in [-0.39, 0.29) is 43.8 Å². The quantitative estimate of drug-likeness (QED) is 0.124. The molecule has 1 fully saturated rings. The average Bonchev–Trinajstić information content (AvgIpc) is 3.50. The Morgan fingerprint density at radius 3 is 1.96 bits per heavy atom. The molecule has 1 aliphatic rings. The third-order valence-corrected chi connectivity index (χ3v) is 8.55. The molecular weight excluding hydrogens is 600 g/mol. The third kappa shape index (κ3) is 9.33. The van der Waals surface area contributed by atoms with Crippen LogP contribution < -0.4 is 14.8 Å². The minimum absolute atomic E-state index is 0.0310. The van der Waals surface area contributed by atoms with Gasteiger partial charge in [-0.2, -0.15) is 0 Å². The lowest BCUT2D eigenvalue weighted by Gasteiger charge is -2.38. The first-order valence-electron chi connectivity index (χ1n) is 16.1. The predicted octanol–water partition coefficient (Wildman–Crippen LogP) is 4.60. The van der Waals surface area contributed by atoms with Crippen molar-refractivity contribution in [3.63, 3.8) is 0 Å². The number of unbranched alkanes of at least 4 members (excludes halogenated alkanes) is 2. The third-order valence-electron chi connectivity index (χ3n) is 8.55. The van der Waals surface area contributed by atoms with E-state index in [0.29, 0.717) is 25.8 Å². The number of rotatable bonds is 17.